The van der Waals surface area contributed by atoms with E-state index in [1.54, 1.807) is 12.1 Å². The monoisotopic (exact) mass is 235 g/mol. The summed E-state index contributed by atoms with van der Waals surface area (Å²) in [5.74, 6) is 0.602. The molecule has 17 heavy (non-hydrogen) atoms. The maximum Gasteiger partial charge on any atom is 0.123 e. The molecular formula is C15H22FN. The lowest BCUT2D eigenvalue weighted by atomic mass is 9.69. The van der Waals surface area contributed by atoms with Gasteiger partial charge in [-0.25, -0.2) is 4.39 Å². The largest absolute Gasteiger partial charge is 0.315 e. The van der Waals surface area contributed by atoms with Gasteiger partial charge < -0.3 is 5.32 Å². The Morgan fingerprint density at radius 1 is 1.29 bits per heavy atom. The van der Waals surface area contributed by atoms with Crippen molar-refractivity contribution in [3.05, 3.63) is 35.6 Å². The zero-order chi connectivity index (χ0) is 12.3. The van der Waals surface area contributed by atoms with E-state index in [9.17, 15) is 4.39 Å². The molecule has 1 unspecified atom stereocenters. The van der Waals surface area contributed by atoms with Crippen molar-refractivity contribution in [2.24, 2.45) is 5.92 Å². The molecule has 1 aliphatic rings. The number of hydrogen-bond donors (Lipinski definition) is 1. The predicted molar refractivity (Wildman–Crippen MR) is 69.6 cm³/mol. The molecule has 1 aromatic carbocycles. The van der Waals surface area contributed by atoms with Crippen LogP contribution in [0.25, 0.3) is 0 Å². The van der Waals surface area contributed by atoms with Crippen LogP contribution < -0.4 is 5.32 Å². The van der Waals surface area contributed by atoms with Gasteiger partial charge in [0.1, 0.15) is 5.82 Å². The fourth-order valence-corrected chi connectivity index (χ4v) is 2.96. The fraction of sp³-hybridized carbons (Fsp3) is 0.600. The molecule has 1 saturated heterocycles. The summed E-state index contributed by atoms with van der Waals surface area (Å²) in [6, 6.07) is 7.07. The Hall–Kier alpha value is -0.890. The molecule has 1 nitrogen and oxygen atoms in total. The molecule has 94 valence electrons. The highest BCUT2D eigenvalue weighted by atomic mass is 19.1. The first-order chi connectivity index (χ1) is 8.16. The molecule has 2 rings (SSSR count). The third kappa shape index (κ3) is 2.68. The van der Waals surface area contributed by atoms with Crippen LogP contribution in [0.2, 0.25) is 0 Å². The van der Waals surface area contributed by atoms with Crippen LogP contribution in [0.5, 0.6) is 0 Å². The summed E-state index contributed by atoms with van der Waals surface area (Å²) in [4.78, 5) is 0. The Bertz CT molecular complexity index is 354. The van der Waals surface area contributed by atoms with Crippen LogP contribution in [0.1, 0.15) is 38.7 Å². The SMILES string of the molecule is CCCC(C)CC1(c2ccc(F)cc2)CNC1. The first-order valence-corrected chi connectivity index (χ1v) is 6.63. The van der Waals surface area contributed by atoms with Crippen LogP contribution >= 0.6 is 0 Å². The van der Waals surface area contributed by atoms with Gasteiger partial charge in [0.05, 0.1) is 0 Å². The molecule has 2 heteroatoms. The van der Waals surface area contributed by atoms with Crippen LogP contribution in [0.15, 0.2) is 24.3 Å². The standard InChI is InChI=1S/C15H22FN/c1-3-4-12(2)9-15(10-17-11-15)13-5-7-14(16)8-6-13/h5-8,12,17H,3-4,9-11H2,1-2H3. The summed E-state index contributed by atoms with van der Waals surface area (Å²) < 4.78 is 13.0. The second-order valence-corrected chi connectivity index (χ2v) is 5.49. The predicted octanol–water partition coefficient (Wildman–Crippen LogP) is 3.49. The lowest BCUT2D eigenvalue weighted by molar-refractivity contribution is 0.218. The van der Waals surface area contributed by atoms with Crippen molar-refractivity contribution in [2.45, 2.75) is 38.5 Å². The van der Waals surface area contributed by atoms with Gasteiger partial charge in [-0.1, -0.05) is 38.8 Å². The van der Waals surface area contributed by atoms with Crippen LogP contribution in [-0.4, -0.2) is 13.1 Å². The van der Waals surface area contributed by atoms with E-state index in [0.29, 0.717) is 0 Å². The van der Waals surface area contributed by atoms with Crippen molar-refractivity contribution in [1.82, 2.24) is 5.32 Å². The topological polar surface area (TPSA) is 12.0 Å². The van der Waals surface area contributed by atoms with Gasteiger partial charge in [0, 0.05) is 18.5 Å². The summed E-state index contributed by atoms with van der Waals surface area (Å²) in [6.07, 6.45) is 3.73. The van der Waals surface area contributed by atoms with Gasteiger partial charge in [-0.15, -0.1) is 0 Å². The molecule has 1 aliphatic heterocycles. The van der Waals surface area contributed by atoms with Crippen LogP contribution in [0.4, 0.5) is 4.39 Å². The molecule has 0 aromatic heterocycles. The molecule has 1 fully saturated rings. The van der Waals surface area contributed by atoms with Crippen LogP contribution in [0.3, 0.4) is 0 Å². The molecule has 0 amide bonds. The Balaban J connectivity index is 2.11. The van der Waals surface area contributed by atoms with Gasteiger partial charge in [-0.2, -0.15) is 0 Å². The van der Waals surface area contributed by atoms with Gasteiger partial charge in [-0.05, 0) is 30.0 Å². The zero-order valence-corrected chi connectivity index (χ0v) is 10.8. The molecule has 1 aromatic rings. The molecule has 0 bridgehead atoms. The van der Waals surface area contributed by atoms with Crippen molar-refractivity contribution in [3.63, 3.8) is 0 Å². The minimum absolute atomic E-state index is 0.141. The lowest BCUT2D eigenvalue weighted by Crippen LogP contribution is -2.57. The fourth-order valence-electron chi connectivity index (χ4n) is 2.96. The minimum Gasteiger partial charge on any atom is -0.315 e. The van der Waals surface area contributed by atoms with Gasteiger partial charge in [0.25, 0.3) is 0 Å². The first kappa shape index (κ1) is 12.6. The number of hydrogen-bond acceptors (Lipinski definition) is 1. The molecule has 1 heterocycles. The Morgan fingerprint density at radius 3 is 2.41 bits per heavy atom. The zero-order valence-electron chi connectivity index (χ0n) is 10.8. The highest BCUT2D eigenvalue weighted by molar-refractivity contribution is 5.30. The van der Waals surface area contributed by atoms with Crippen LogP contribution in [0, 0.1) is 11.7 Å². The van der Waals surface area contributed by atoms with E-state index in [1.165, 1.54) is 24.8 Å². The lowest BCUT2D eigenvalue weighted by Gasteiger charge is -2.45. The second-order valence-electron chi connectivity index (χ2n) is 5.49. The van der Waals surface area contributed by atoms with Gasteiger partial charge in [0.15, 0.2) is 0 Å². The van der Waals surface area contributed by atoms with Gasteiger partial charge in [-0.3, -0.25) is 0 Å². The van der Waals surface area contributed by atoms with Gasteiger partial charge in [0.2, 0.25) is 0 Å². The Labute approximate surface area is 103 Å². The summed E-state index contributed by atoms with van der Waals surface area (Å²) >= 11 is 0. The smallest absolute Gasteiger partial charge is 0.123 e. The van der Waals surface area contributed by atoms with Crippen molar-refractivity contribution >= 4 is 0 Å². The minimum atomic E-state index is -0.141. The Morgan fingerprint density at radius 2 is 1.94 bits per heavy atom. The van der Waals surface area contributed by atoms with E-state index in [-0.39, 0.29) is 11.2 Å². The van der Waals surface area contributed by atoms with E-state index in [4.69, 9.17) is 0 Å². The van der Waals surface area contributed by atoms with E-state index in [1.807, 2.05) is 12.1 Å². The normalized spacial score (nSPS) is 19.7. The maximum atomic E-state index is 13.0. The molecule has 1 atom stereocenters. The molecule has 0 saturated carbocycles. The number of benzene rings is 1. The number of rotatable bonds is 5. The average molecular weight is 235 g/mol. The summed E-state index contributed by atoms with van der Waals surface area (Å²) in [7, 11) is 0. The second kappa shape index (κ2) is 5.18. The molecule has 0 radical (unpaired) electrons. The van der Waals surface area contributed by atoms with Crippen LogP contribution in [-0.2, 0) is 5.41 Å². The Kier molecular flexibility index (Phi) is 3.82. The molecule has 0 spiro atoms. The summed E-state index contributed by atoms with van der Waals surface area (Å²) in [5.41, 5.74) is 1.54. The van der Waals surface area contributed by atoms with E-state index in [2.05, 4.69) is 19.2 Å². The maximum absolute atomic E-state index is 13.0. The van der Waals surface area contributed by atoms with E-state index < -0.39 is 0 Å². The van der Waals surface area contributed by atoms with Crippen molar-refractivity contribution in [1.29, 1.82) is 0 Å². The van der Waals surface area contributed by atoms with E-state index >= 15 is 0 Å². The highest BCUT2D eigenvalue weighted by Gasteiger charge is 2.39. The van der Waals surface area contributed by atoms with Crippen molar-refractivity contribution < 1.29 is 4.39 Å². The van der Waals surface area contributed by atoms with Crippen molar-refractivity contribution in [2.75, 3.05) is 13.1 Å². The first-order valence-electron chi connectivity index (χ1n) is 6.63. The third-order valence-electron chi connectivity index (χ3n) is 3.90. The quantitative estimate of drug-likeness (QED) is 0.823. The summed E-state index contributed by atoms with van der Waals surface area (Å²) in [6.45, 7) is 6.63. The molecule has 0 aliphatic carbocycles. The highest BCUT2D eigenvalue weighted by Crippen LogP contribution is 2.36. The van der Waals surface area contributed by atoms with Gasteiger partial charge >= 0.3 is 0 Å². The third-order valence-corrected chi connectivity index (χ3v) is 3.90. The number of halogens is 1. The average Bonchev–Trinajstić information content (AvgIpc) is 2.25. The molecular weight excluding hydrogens is 213 g/mol. The van der Waals surface area contributed by atoms with Crippen molar-refractivity contribution in [3.8, 4) is 0 Å². The van der Waals surface area contributed by atoms with E-state index in [0.717, 1.165) is 19.0 Å². The number of nitrogens with one attached hydrogen (secondary N) is 1. The molecule has 1 N–H and O–H groups in total. The summed E-state index contributed by atoms with van der Waals surface area (Å²) in [5, 5.41) is 3.37.